The Balaban J connectivity index is 4.04. The fourth-order valence-electron chi connectivity index (χ4n) is 1.84. The van der Waals surface area contributed by atoms with Crippen LogP contribution < -0.4 is 16.8 Å². The van der Waals surface area contributed by atoms with Crippen molar-refractivity contribution in [3.05, 3.63) is 0 Å². The number of nitrogens with zero attached hydrogens (tertiary/aromatic N) is 1. The fourth-order valence-corrected chi connectivity index (χ4v) is 2.56. The van der Waals surface area contributed by atoms with E-state index in [-0.39, 0.29) is 22.9 Å². The Labute approximate surface area is 131 Å². The SMILES string of the molecule is CC(=O)SCC(CC(C)C)C(=O)NCCCCN=C(N)N. The number of carbonyl (C=O) groups is 2. The van der Waals surface area contributed by atoms with E-state index in [1.165, 1.54) is 18.7 Å². The number of aliphatic imine (C=N–C) groups is 1. The Hall–Kier alpha value is -1.24. The lowest BCUT2D eigenvalue weighted by Crippen LogP contribution is -2.33. The minimum atomic E-state index is -0.114. The van der Waals surface area contributed by atoms with Gasteiger partial charge in [-0.2, -0.15) is 0 Å². The zero-order valence-corrected chi connectivity index (χ0v) is 14.0. The molecule has 0 fully saturated rings. The van der Waals surface area contributed by atoms with E-state index in [0.717, 1.165) is 19.3 Å². The normalized spacial score (nSPS) is 12.0. The first-order valence-corrected chi connectivity index (χ1v) is 8.28. The lowest BCUT2D eigenvalue weighted by Gasteiger charge is -2.17. The summed E-state index contributed by atoms with van der Waals surface area (Å²) in [6.45, 7) is 6.87. The van der Waals surface area contributed by atoms with Crippen molar-refractivity contribution < 1.29 is 9.59 Å². The number of nitrogens with one attached hydrogen (secondary N) is 1. The highest BCUT2D eigenvalue weighted by atomic mass is 32.2. The molecule has 0 aliphatic carbocycles. The third-order valence-corrected chi connectivity index (χ3v) is 3.77. The van der Waals surface area contributed by atoms with E-state index < -0.39 is 0 Å². The molecule has 0 saturated heterocycles. The van der Waals surface area contributed by atoms with Crippen molar-refractivity contribution in [2.24, 2.45) is 28.3 Å². The van der Waals surface area contributed by atoms with Gasteiger partial charge in [0.25, 0.3) is 0 Å². The van der Waals surface area contributed by atoms with Crippen molar-refractivity contribution in [1.82, 2.24) is 5.32 Å². The Morgan fingerprint density at radius 1 is 1.24 bits per heavy atom. The summed E-state index contributed by atoms with van der Waals surface area (Å²) in [5, 5.41) is 2.98. The number of hydrogen-bond acceptors (Lipinski definition) is 4. The molecule has 7 heteroatoms. The number of thioether (sulfide) groups is 1. The fraction of sp³-hybridized carbons (Fsp3) is 0.786. The lowest BCUT2D eigenvalue weighted by atomic mass is 9.98. The molecule has 5 N–H and O–H groups in total. The van der Waals surface area contributed by atoms with Gasteiger partial charge < -0.3 is 16.8 Å². The molecule has 1 unspecified atom stereocenters. The molecule has 0 spiro atoms. The van der Waals surface area contributed by atoms with Gasteiger partial charge in [-0.1, -0.05) is 25.6 Å². The van der Waals surface area contributed by atoms with E-state index >= 15 is 0 Å². The Bertz CT molecular complexity index is 355. The van der Waals surface area contributed by atoms with Crippen LogP contribution in [0, 0.1) is 11.8 Å². The van der Waals surface area contributed by atoms with E-state index in [1.54, 1.807) is 0 Å². The Kier molecular flexibility index (Phi) is 10.7. The number of guanidine groups is 1. The summed E-state index contributed by atoms with van der Waals surface area (Å²) in [6, 6.07) is 0. The molecule has 0 aromatic heterocycles. The molecule has 1 amide bonds. The summed E-state index contributed by atoms with van der Waals surface area (Å²) in [5.41, 5.74) is 10.5. The molecular formula is C14H28N4O2S. The molecule has 1 atom stereocenters. The van der Waals surface area contributed by atoms with E-state index in [9.17, 15) is 9.59 Å². The molecule has 0 radical (unpaired) electrons. The van der Waals surface area contributed by atoms with Crippen LogP contribution in [0.3, 0.4) is 0 Å². The van der Waals surface area contributed by atoms with Gasteiger partial charge in [0.05, 0.1) is 0 Å². The molecule has 21 heavy (non-hydrogen) atoms. The van der Waals surface area contributed by atoms with Crippen LogP contribution in [-0.4, -0.2) is 35.8 Å². The predicted molar refractivity (Wildman–Crippen MR) is 89.0 cm³/mol. The smallest absolute Gasteiger partial charge is 0.223 e. The second-order valence-corrected chi connectivity index (χ2v) is 6.63. The van der Waals surface area contributed by atoms with Crippen LogP contribution in [0.4, 0.5) is 0 Å². The largest absolute Gasteiger partial charge is 0.370 e. The molecule has 0 aliphatic rings. The van der Waals surface area contributed by atoms with E-state index in [4.69, 9.17) is 11.5 Å². The maximum absolute atomic E-state index is 12.1. The van der Waals surface area contributed by atoms with Crippen LogP contribution >= 0.6 is 11.8 Å². The first-order chi connectivity index (χ1) is 9.82. The number of amides is 1. The first kappa shape index (κ1) is 19.8. The molecule has 0 aliphatic heterocycles. The standard InChI is InChI=1S/C14H28N4O2S/c1-10(2)8-12(9-21-11(3)19)13(20)17-6-4-5-7-18-14(15)16/h10,12H,4-9H2,1-3H3,(H,17,20)(H4,15,16,18). The molecule has 0 rings (SSSR count). The van der Waals surface area contributed by atoms with Gasteiger partial charge in [-0.3, -0.25) is 14.6 Å². The number of rotatable bonds is 10. The van der Waals surface area contributed by atoms with Crippen molar-refractivity contribution >= 4 is 28.7 Å². The van der Waals surface area contributed by atoms with Gasteiger partial charge in [0.1, 0.15) is 0 Å². The average molecular weight is 316 g/mol. The lowest BCUT2D eigenvalue weighted by molar-refractivity contribution is -0.124. The molecule has 6 nitrogen and oxygen atoms in total. The zero-order chi connectivity index (χ0) is 16.3. The third kappa shape index (κ3) is 12.2. The van der Waals surface area contributed by atoms with Crippen molar-refractivity contribution in [2.75, 3.05) is 18.8 Å². The number of hydrogen-bond donors (Lipinski definition) is 3. The molecule has 0 heterocycles. The van der Waals surface area contributed by atoms with Crippen LogP contribution in [-0.2, 0) is 9.59 Å². The van der Waals surface area contributed by atoms with E-state index in [2.05, 4.69) is 24.2 Å². The van der Waals surface area contributed by atoms with Crippen LogP contribution in [0.5, 0.6) is 0 Å². The van der Waals surface area contributed by atoms with Gasteiger partial charge in [-0.15, -0.1) is 0 Å². The molecule has 122 valence electrons. The van der Waals surface area contributed by atoms with Crippen LogP contribution in [0.2, 0.25) is 0 Å². The van der Waals surface area contributed by atoms with Gasteiger partial charge in [0.2, 0.25) is 5.91 Å². The highest BCUT2D eigenvalue weighted by Gasteiger charge is 2.20. The van der Waals surface area contributed by atoms with Crippen molar-refractivity contribution in [1.29, 1.82) is 0 Å². The predicted octanol–water partition coefficient (Wildman–Crippen LogP) is 1.10. The summed E-state index contributed by atoms with van der Waals surface area (Å²) in [5.74, 6) is 0.983. The van der Waals surface area contributed by atoms with Crippen LogP contribution in [0.25, 0.3) is 0 Å². The Morgan fingerprint density at radius 2 is 1.90 bits per heavy atom. The Morgan fingerprint density at radius 3 is 2.43 bits per heavy atom. The first-order valence-electron chi connectivity index (χ1n) is 7.29. The molecular weight excluding hydrogens is 288 g/mol. The zero-order valence-electron chi connectivity index (χ0n) is 13.2. The monoisotopic (exact) mass is 316 g/mol. The summed E-state index contributed by atoms with van der Waals surface area (Å²) in [6.07, 6.45) is 2.45. The number of carbonyl (C=O) groups excluding carboxylic acids is 2. The second kappa shape index (κ2) is 11.4. The molecule has 0 saturated carbocycles. The van der Waals surface area contributed by atoms with Crippen molar-refractivity contribution in [3.63, 3.8) is 0 Å². The molecule has 0 bridgehead atoms. The van der Waals surface area contributed by atoms with Gasteiger partial charge in [-0.05, 0) is 25.2 Å². The average Bonchev–Trinajstić information content (AvgIpc) is 2.37. The van der Waals surface area contributed by atoms with Gasteiger partial charge in [-0.25, -0.2) is 0 Å². The van der Waals surface area contributed by atoms with Crippen molar-refractivity contribution in [2.45, 2.75) is 40.0 Å². The third-order valence-electron chi connectivity index (χ3n) is 2.79. The second-order valence-electron chi connectivity index (χ2n) is 5.43. The molecule has 0 aromatic rings. The topological polar surface area (TPSA) is 111 Å². The van der Waals surface area contributed by atoms with Crippen LogP contribution in [0.15, 0.2) is 4.99 Å². The van der Waals surface area contributed by atoms with Gasteiger partial charge >= 0.3 is 0 Å². The molecule has 0 aromatic carbocycles. The summed E-state index contributed by atoms with van der Waals surface area (Å²) < 4.78 is 0. The highest BCUT2D eigenvalue weighted by molar-refractivity contribution is 8.13. The summed E-state index contributed by atoms with van der Waals surface area (Å²) in [4.78, 5) is 27.1. The minimum absolute atomic E-state index is 0.0271. The summed E-state index contributed by atoms with van der Waals surface area (Å²) >= 11 is 1.21. The van der Waals surface area contributed by atoms with Gasteiger partial charge in [0, 0.05) is 31.7 Å². The quantitative estimate of drug-likeness (QED) is 0.317. The maximum atomic E-state index is 12.1. The minimum Gasteiger partial charge on any atom is -0.370 e. The highest BCUT2D eigenvalue weighted by Crippen LogP contribution is 2.18. The maximum Gasteiger partial charge on any atom is 0.223 e. The number of unbranched alkanes of at least 4 members (excludes halogenated alkanes) is 1. The number of nitrogens with two attached hydrogens (primary N) is 2. The van der Waals surface area contributed by atoms with Crippen LogP contribution in [0.1, 0.15) is 40.0 Å². The van der Waals surface area contributed by atoms with E-state index in [1.807, 2.05) is 0 Å². The summed E-state index contributed by atoms with van der Waals surface area (Å²) in [7, 11) is 0. The van der Waals surface area contributed by atoms with Gasteiger partial charge in [0.15, 0.2) is 11.1 Å². The van der Waals surface area contributed by atoms with E-state index in [0.29, 0.717) is 24.8 Å². The van der Waals surface area contributed by atoms with Crippen molar-refractivity contribution in [3.8, 4) is 0 Å².